The maximum absolute atomic E-state index is 8.83. The quantitative estimate of drug-likeness (QED) is 0.722. The van der Waals surface area contributed by atoms with Crippen molar-refractivity contribution < 1.29 is 0 Å². The monoisotopic (exact) mass is 210 g/mol. The van der Waals surface area contributed by atoms with Gasteiger partial charge in [-0.3, -0.25) is 0 Å². The summed E-state index contributed by atoms with van der Waals surface area (Å²) in [7, 11) is 5.66. The second kappa shape index (κ2) is 5.41. The van der Waals surface area contributed by atoms with Gasteiger partial charge in [0, 0.05) is 17.1 Å². The van der Waals surface area contributed by atoms with Gasteiger partial charge in [0.1, 0.15) is 7.85 Å². The molecule has 1 atom stereocenters. The van der Waals surface area contributed by atoms with Crippen LogP contribution >= 0.6 is 0 Å². The first kappa shape index (κ1) is 12.4. The number of hydrogen-bond donors (Lipinski definition) is 1. The first-order valence-electron chi connectivity index (χ1n) is 5.48. The van der Waals surface area contributed by atoms with Crippen LogP contribution in [0.25, 0.3) is 10.9 Å². The van der Waals surface area contributed by atoms with Crippen LogP contribution in [0.2, 0.25) is 0 Å². The third-order valence-electron chi connectivity index (χ3n) is 2.40. The lowest BCUT2D eigenvalue weighted by molar-refractivity contribution is 0.993. The zero-order chi connectivity index (χ0) is 12.1. The molecule has 0 aliphatic carbocycles. The molecule has 2 aromatic rings. The van der Waals surface area contributed by atoms with E-state index in [1.807, 2.05) is 45.2 Å². The van der Waals surface area contributed by atoms with Crippen LogP contribution in [-0.2, 0) is 0 Å². The molecule has 0 spiro atoms. The Bertz CT molecular complexity index is 508. The molecule has 2 radical (unpaired) electrons. The zero-order valence-corrected chi connectivity index (χ0v) is 9.91. The number of rotatable bonds is 1. The SMILES string of the molecule is CC.[B]c1ccc2c(C(C)C#N)c[nH]c2c1. The highest BCUT2D eigenvalue weighted by atomic mass is 14.7. The Balaban J connectivity index is 0.000000606. The molecule has 0 saturated heterocycles. The molecule has 0 amide bonds. The number of fused-ring (bicyclic) bond motifs is 1. The Morgan fingerprint density at radius 3 is 2.69 bits per heavy atom. The molecular weight excluding hydrogens is 195 g/mol. The van der Waals surface area contributed by atoms with Gasteiger partial charge in [0.15, 0.2) is 0 Å². The number of aromatic nitrogens is 1. The molecule has 2 nitrogen and oxygen atoms in total. The van der Waals surface area contributed by atoms with Crippen LogP contribution in [0.3, 0.4) is 0 Å². The maximum Gasteiger partial charge on any atom is 0.113 e. The minimum Gasteiger partial charge on any atom is -0.361 e. The fraction of sp³-hybridized carbons (Fsp3) is 0.308. The number of aromatic amines is 1. The molecule has 1 heterocycles. The number of nitrogens with zero attached hydrogens (tertiary/aromatic N) is 1. The first-order valence-corrected chi connectivity index (χ1v) is 5.48. The molecule has 80 valence electrons. The van der Waals surface area contributed by atoms with Crippen molar-refractivity contribution in [2.75, 3.05) is 0 Å². The molecule has 16 heavy (non-hydrogen) atoms. The van der Waals surface area contributed by atoms with Crippen molar-refractivity contribution in [2.24, 2.45) is 0 Å². The van der Waals surface area contributed by atoms with E-state index in [0.29, 0.717) is 0 Å². The van der Waals surface area contributed by atoms with E-state index in [1.54, 1.807) is 0 Å². The third-order valence-corrected chi connectivity index (χ3v) is 2.40. The molecule has 2 rings (SSSR count). The fourth-order valence-electron chi connectivity index (χ4n) is 1.59. The van der Waals surface area contributed by atoms with Crippen molar-refractivity contribution in [3.05, 3.63) is 30.0 Å². The Morgan fingerprint density at radius 2 is 2.06 bits per heavy atom. The van der Waals surface area contributed by atoms with Crippen molar-refractivity contribution in [1.82, 2.24) is 4.98 Å². The third kappa shape index (κ3) is 2.28. The van der Waals surface area contributed by atoms with Crippen LogP contribution in [-0.4, -0.2) is 12.8 Å². The van der Waals surface area contributed by atoms with Crippen LogP contribution in [0.4, 0.5) is 0 Å². The number of hydrogen-bond acceptors (Lipinski definition) is 1. The van der Waals surface area contributed by atoms with E-state index in [4.69, 9.17) is 13.1 Å². The topological polar surface area (TPSA) is 39.6 Å². The van der Waals surface area contributed by atoms with Crippen LogP contribution < -0.4 is 5.46 Å². The first-order chi connectivity index (χ1) is 7.72. The zero-order valence-electron chi connectivity index (χ0n) is 9.91. The largest absolute Gasteiger partial charge is 0.361 e. The highest BCUT2D eigenvalue weighted by molar-refractivity contribution is 6.33. The van der Waals surface area contributed by atoms with Crippen molar-refractivity contribution in [3.8, 4) is 6.07 Å². The summed E-state index contributed by atoms with van der Waals surface area (Å²) in [5.41, 5.74) is 2.75. The van der Waals surface area contributed by atoms with Crippen LogP contribution in [0.15, 0.2) is 24.4 Å². The second-order valence-electron chi connectivity index (χ2n) is 3.40. The fourth-order valence-corrected chi connectivity index (χ4v) is 1.59. The highest BCUT2D eigenvalue weighted by Gasteiger charge is 2.09. The van der Waals surface area contributed by atoms with Gasteiger partial charge in [-0.1, -0.05) is 31.4 Å². The number of nitriles is 1. The summed E-state index contributed by atoms with van der Waals surface area (Å²) in [6.45, 7) is 5.89. The molecule has 0 fully saturated rings. The van der Waals surface area contributed by atoms with Gasteiger partial charge in [-0.25, -0.2) is 0 Å². The Labute approximate surface area is 97.7 Å². The minimum atomic E-state index is -0.0904. The predicted octanol–water partition coefficient (Wildman–Crippen LogP) is 2.61. The normalized spacial score (nSPS) is 11.4. The summed E-state index contributed by atoms with van der Waals surface area (Å²) in [5, 5.41) is 9.91. The van der Waals surface area contributed by atoms with E-state index < -0.39 is 0 Å². The van der Waals surface area contributed by atoms with E-state index in [2.05, 4.69) is 11.1 Å². The Kier molecular flexibility index (Phi) is 4.19. The summed E-state index contributed by atoms with van der Waals surface area (Å²) in [6.07, 6.45) is 1.87. The van der Waals surface area contributed by atoms with E-state index >= 15 is 0 Å². The maximum atomic E-state index is 8.83. The minimum absolute atomic E-state index is 0.0904. The van der Waals surface area contributed by atoms with Gasteiger partial charge in [0.25, 0.3) is 0 Å². The molecule has 0 aliphatic rings. The van der Waals surface area contributed by atoms with Gasteiger partial charge in [-0.05, 0) is 18.6 Å². The molecular formula is C13H15BN2. The predicted molar refractivity (Wildman–Crippen MR) is 69.1 cm³/mol. The summed E-state index contributed by atoms with van der Waals surface area (Å²) >= 11 is 0. The van der Waals surface area contributed by atoms with Crippen LogP contribution in [0.1, 0.15) is 32.3 Å². The van der Waals surface area contributed by atoms with Gasteiger partial charge in [0.05, 0.1) is 12.0 Å². The molecule has 3 heteroatoms. The van der Waals surface area contributed by atoms with Crippen molar-refractivity contribution in [2.45, 2.75) is 26.7 Å². The number of nitrogens with one attached hydrogen (secondary N) is 1. The van der Waals surface area contributed by atoms with E-state index in [9.17, 15) is 0 Å². The standard InChI is InChI=1S/C11H9BN2.C2H6/c1-7(5-13)10-6-14-11-4-8(12)2-3-9(10)11;1-2/h2-4,6-7,14H,1H3;1-2H3. The summed E-state index contributed by atoms with van der Waals surface area (Å²) in [5.74, 6) is -0.0904. The molecule has 0 aliphatic heterocycles. The summed E-state index contributed by atoms with van der Waals surface area (Å²) in [6, 6.07) is 7.90. The van der Waals surface area contributed by atoms with Crippen molar-refractivity contribution in [1.29, 1.82) is 5.26 Å². The van der Waals surface area contributed by atoms with Gasteiger partial charge in [-0.2, -0.15) is 5.26 Å². The van der Waals surface area contributed by atoms with Gasteiger partial charge >= 0.3 is 0 Å². The molecule has 1 aromatic heterocycles. The van der Waals surface area contributed by atoms with Crippen LogP contribution in [0, 0.1) is 11.3 Å². The average Bonchev–Trinajstić information content (AvgIpc) is 2.73. The van der Waals surface area contributed by atoms with E-state index in [1.165, 1.54) is 0 Å². The highest BCUT2D eigenvalue weighted by Crippen LogP contribution is 2.23. The number of H-pyrrole nitrogens is 1. The Hall–Kier alpha value is -1.69. The number of benzene rings is 1. The molecule has 0 bridgehead atoms. The Morgan fingerprint density at radius 1 is 1.38 bits per heavy atom. The van der Waals surface area contributed by atoms with Crippen molar-refractivity contribution in [3.63, 3.8) is 0 Å². The smallest absolute Gasteiger partial charge is 0.113 e. The van der Waals surface area contributed by atoms with Crippen LogP contribution in [0.5, 0.6) is 0 Å². The molecule has 1 N–H and O–H groups in total. The second-order valence-corrected chi connectivity index (χ2v) is 3.40. The molecule has 0 saturated carbocycles. The van der Waals surface area contributed by atoms with Gasteiger partial charge < -0.3 is 4.98 Å². The van der Waals surface area contributed by atoms with Gasteiger partial charge in [-0.15, -0.1) is 0 Å². The lowest BCUT2D eigenvalue weighted by Crippen LogP contribution is -1.99. The average molecular weight is 210 g/mol. The van der Waals surface area contributed by atoms with Gasteiger partial charge in [0.2, 0.25) is 0 Å². The lowest BCUT2D eigenvalue weighted by atomic mass is 9.93. The molecule has 1 unspecified atom stereocenters. The van der Waals surface area contributed by atoms with Crippen molar-refractivity contribution >= 4 is 24.2 Å². The molecule has 1 aromatic carbocycles. The van der Waals surface area contributed by atoms with E-state index in [-0.39, 0.29) is 5.92 Å². The van der Waals surface area contributed by atoms with E-state index in [0.717, 1.165) is 21.9 Å². The lowest BCUT2D eigenvalue weighted by Gasteiger charge is -1.99. The summed E-state index contributed by atoms with van der Waals surface area (Å²) in [4.78, 5) is 3.11. The summed E-state index contributed by atoms with van der Waals surface area (Å²) < 4.78 is 0.